The molecule has 0 radical (unpaired) electrons. The molecule has 0 amide bonds. The fourth-order valence-electron chi connectivity index (χ4n) is 2.36. The van der Waals surface area contributed by atoms with Gasteiger partial charge in [-0.3, -0.25) is 9.13 Å². The molecule has 1 aromatic heterocycles. The fourth-order valence-corrected chi connectivity index (χ4v) is 3.71. The van der Waals surface area contributed by atoms with Gasteiger partial charge in [-0.1, -0.05) is 0 Å². The highest BCUT2D eigenvalue weighted by Crippen LogP contribution is 2.57. The molecule has 0 bridgehead atoms. The van der Waals surface area contributed by atoms with E-state index in [0.29, 0.717) is 12.8 Å². The molecule has 2 heterocycles. The lowest BCUT2D eigenvalue weighted by molar-refractivity contribution is 0.0197. The van der Waals surface area contributed by atoms with Crippen molar-refractivity contribution < 1.29 is 22.7 Å². The summed E-state index contributed by atoms with van der Waals surface area (Å²) in [5.41, 5.74) is 3.91. The average Bonchev–Trinajstić information content (AvgIpc) is 2.96. The topological polar surface area (TPSA) is 106 Å². The normalized spacial score (nSPS) is 22.0. The molecule has 1 saturated heterocycles. The minimum absolute atomic E-state index is 0.0547. The van der Waals surface area contributed by atoms with Gasteiger partial charge in [0.15, 0.2) is 0 Å². The quantitative estimate of drug-likeness (QED) is 0.744. The van der Waals surface area contributed by atoms with Crippen molar-refractivity contribution in [3.8, 4) is 0 Å². The zero-order valence-electron chi connectivity index (χ0n) is 13.6. The third-order valence-corrected chi connectivity index (χ3v) is 5.24. The van der Waals surface area contributed by atoms with Crippen molar-refractivity contribution in [2.75, 3.05) is 18.9 Å². The Morgan fingerprint density at radius 3 is 2.75 bits per heavy atom. The number of halogens is 1. The number of aromatic nitrogens is 2. The number of anilines is 1. The molecule has 0 saturated carbocycles. The number of hydrogen-bond acceptors (Lipinski definition) is 7. The molecule has 1 aromatic rings. The van der Waals surface area contributed by atoms with E-state index in [9.17, 15) is 13.8 Å². The largest absolute Gasteiger partial charge is 0.389 e. The Labute approximate surface area is 139 Å². The van der Waals surface area contributed by atoms with Crippen LogP contribution >= 0.6 is 7.60 Å². The van der Waals surface area contributed by atoms with Crippen LogP contribution in [0.15, 0.2) is 28.7 Å². The summed E-state index contributed by atoms with van der Waals surface area (Å²) in [6.45, 7) is 3.31. The smallest absolute Gasteiger partial charge is 0.383 e. The average molecular weight is 361 g/mol. The fraction of sp³-hybridized carbons (Fsp3) is 0.571. The van der Waals surface area contributed by atoms with E-state index >= 15 is 0 Å². The predicted molar refractivity (Wildman–Crippen MR) is 86.1 cm³/mol. The van der Waals surface area contributed by atoms with Crippen molar-refractivity contribution in [1.82, 2.24) is 9.55 Å². The zero-order valence-corrected chi connectivity index (χ0v) is 14.4. The van der Waals surface area contributed by atoms with Gasteiger partial charge in [-0.25, -0.2) is 4.79 Å². The number of hydrogen-bond donors (Lipinski definition) is 1. The molecule has 2 N–H and O–H groups in total. The Kier molecular flexibility index (Phi) is 6.28. The van der Waals surface area contributed by atoms with Crippen LogP contribution in [0.2, 0.25) is 0 Å². The second-order valence-electron chi connectivity index (χ2n) is 5.07. The van der Waals surface area contributed by atoms with E-state index in [1.54, 1.807) is 13.8 Å². The summed E-state index contributed by atoms with van der Waals surface area (Å²) in [6.07, 6.45) is 2.26. The lowest BCUT2D eigenvalue weighted by Crippen LogP contribution is -2.27. The third-order valence-electron chi connectivity index (χ3n) is 3.37. The molecule has 0 aromatic carbocycles. The van der Waals surface area contributed by atoms with Crippen LogP contribution in [-0.4, -0.2) is 28.9 Å². The standard InChI is InChI=1S/C14H21FN3O5P/c1-3-21-24(20,22-4-2)11(15)9-10-5-6-13(23-10)18-8-7-12(16)17-14(18)19/h7-10,13H,3-6H2,1-2H3,(H2,16,17,19)/b11-9-. The molecule has 2 atom stereocenters. The first-order valence-corrected chi connectivity index (χ1v) is 9.21. The first kappa shape index (κ1) is 18.8. The van der Waals surface area contributed by atoms with E-state index in [0.717, 1.165) is 6.08 Å². The highest BCUT2D eigenvalue weighted by Gasteiger charge is 2.33. The van der Waals surface area contributed by atoms with Gasteiger partial charge in [0.05, 0.1) is 19.3 Å². The second kappa shape index (κ2) is 8.02. The van der Waals surface area contributed by atoms with Crippen molar-refractivity contribution in [1.29, 1.82) is 0 Å². The van der Waals surface area contributed by atoms with Crippen LogP contribution in [0.4, 0.5) is 10.2 Å². The van der Waals surface area contributed by atoms with Gasteiger partial charge in [0.1, 0.15) is 12.0 Å². The van der Waals surface area contributed by atoms with E-state index in [2.05, 4.69) is 4.98 Å². The van der Waals surface area contributed by atoms with Gasteiger partial charge in [-0.15, -0.1) is 0 Å². The van der Waals surface area contributed by atoms with Crippen LogP contribution in [-0.2, 0) is 18.3 Å². The van der Waals surface area contributed by atoms with Crippen LogP contribution in [0.1, 0.15) is 32.9 Å². The highest BCUT2D eigenvalue weighted by molar-refractivity contribution is 7.58. The van der Waals surface area contributed by atoms with Crippen molar-refractivity contribution in [3.05, 3.63) is 34.4 Å². The van der Waals surface area contributed by atoms with Crippen molar-refractivity contribution in [3.63, 3.8) is 0 Å². The summed E-state index contributed by atoms with van der Waals surface area (Å²) in [4.78, 5) is 15.4. The second-order valence-corrected chi connectivity index (χ2v) is 7.01. The molecule has 134 valence electrons. The SMILES string of the molecule is CCOP(=O)(OCC)/C(F)=C\C1CCC(n2ccc(N)nc2=O)O1. The van der Waals surface area contributed by atoms with Gasteiger partial charge < -0.3 is 19.5 Å². The molecule has 1 aliphatic rings. The van der Waals surface area contributed by atoms with E-state index in [1.165, 1.54) is 16.8 Å². The number of rotatable bonds is 7. The van der Waals surface area contributed by atoms with Gasteiger partial charge in [-0.05, 0) is 38.8 Å². The van der Waals surface area contributed by atoms with Crippen LogP contribution in [0, 0.1) is 0 Å². The number of ether oxygens (including phenoxy) is 1. The Morgan fingerprint density at radius 1 is 1.50 bits per heavy atom. The van der Waals surface area contributed by atoms with Crippen molar-refractivity contribution in [2.45, 2.75) is 39.0 Å². The van der Waals surface area contributed by atoms with E-state index in [-0.39, 0.29) is 19.0 Å². The van der Waals surface area contributed by atoms with Crippen LogP contribution in [0.5, 0.6) is 0 Å². The van der Waals surface area contributed by atoms with E-state index < -0.39 is 31.2 Å². The lowest BCUT2D eigenvalue weighted by Gasteiger charge is -2.17. The zero-order chi connectivity index (χ0) is 17.7. The maximum atomic E-state index is 14.3. The maximum Gasteiger partial charge on any atom is 0.389 e. The Bertz CT molecular complexity index is 698. The molecular formula is C14H21FN3O5P. The summed E-state index contributed by atoms with van der Waals surface area (Å²) in [7, 11) is -3.95. The highest BCUT2D eigenvalue weighted by atomic mass is 31.2. The van der Waals surface area contributed by atoms with Crippen LogP contribution in [0.25, 0.3) is 0 Å². The molecule has 1 aliphatic heterocycles. The summed E-state index contributed by atoms with van der Waals surface area (Å²) < 4.78 is 43.4. The number of nitrogens with two attached hydrogens (primary N) is 1. The molecule has 10 heteroatoms. The number of nitrogens with zero attached hydrogens (tertiary/aromatic N) is 2. The first-order valence-electron chi connectivity index (χ1n) is 7.66. The molecule has 8 nitrogen and oxygen atoms in total. The monoisotopic (exact) mass is 361 g/mol. The van der Waals surface area contributed by atoms with Gasteiger partial charge in [-0.2, -0.15) is 9.37 Å². The van der Waals surface area contributed by atoms with E-state index in [4.69, 9.17) is 19.5 Å². The summed E-state index contributed by atoms with van der Waals surface area (Å²) in [5.74, 6) is 0.117. The summed E-state index contributed by atoms with van der Waals surface area (Å²) >= 11 is 0. The lowest BCUT2D eigenvalue weighted by atomic mass is 10.2. The third kappa shape index (κ3) is 4.30. The van der Waals surface area contributed by atoms with Gasteiger partial charge >= 0.3 is 13.3 Å². The number of nitrogen functional groups attached to an aromatic ring is 1. The van der Waals surface area contributed by atoms with Gasteiger partial charge in [0, 0.05) is 6.20 Å². The first-order chi connectivity index (χ1) is 11.4. The van der Waals surface area contributed by atoms with E-state index in [1.807, 2.05) is 0 Å². The maximum absolute atomic E-state index is 14.3. The molecule has 24 heavy (non-hydrogen) atoms. The Hall–Kier alpha value is -1.54. The van der Waals surface area contributed by atoms with Crippen LogP contribution in [0.3, 0.4) is 0 Å². The molecule has 2 unspecified atom stereocenters. The molecular weight excluding hydrogens is 340 g/mol. The Morgan fingerprint density at radius 2 is 2.17 bits per heavy atom. The van der Waals surface area contributed by atoms with Crippen molar-refractivity contribution in [2.24, 2.45) is 0 Å². The van der Waals surface area contributed by atoms with Gasteiger partial charge in [0.25, 0.3) is 0 Å². The summed E-state index contributed by atoms with van der Waals surface area (Å²) in [6, 6.07) is 1.48. The Balaban J connectivity index is 2.12. The van der Waals surface area contributed by atoms with Gasteiger partial charge in [0.2, 0.25) is 5.57 Å². The molecule has 1 fully saturated rings. The van der Waals surface area contributed by atoms with Crippen molar-refractivity contribution >= 4 is 13.4 Å². The predicted octanol–water partition coefficient (Wildman–Crippen LogP) is 2.58. The minimum atomic E-state index is -3.95. The summed E-state index contributed by atoms with van der Waals surface area (Å²) in [5, 5.41) is 0. The molecule has 0 spiro atoms. The van der Waals surface area contributed by atoms with Crippen LogP contribution < -0.4 is 11.4 Å². The molecule has 2 rings (SSSR count). The minimum Gasteiger partial charge on any atom is -0.383 e. The molecule has 0 aliphatic carbocycles.